The molecule has 0 bridgehead atoms. The molecule has 0 aliphatic heterocycles. The molecular weight excluding hydrogens is 206 g/mol. The third kappa shape index (κ3) is 4.37. The summed E-state index contributed by atoms with van der Waals surface area (Å²) in [5.41, 5.74) is 5.71. The highest BCUT2D eigenvalue weighted by Crippen LogP contribution is 2.12. The topological polar surface area (TPSA) is 71.1 Å². The van der Waals surface area contributed by atoms with Crippen LogP contribution in [0.4, 0.5) is 0 Å². The predicted molar refractivity (Wildman–Crippen MR) is 65.8 cm³/mol. The maximum Gasteiger partial charge on any atom is 0.156 e. The van der Waals surface area contributed by atoms with Crippen molar-refractivity contribution < 1.29 is 9.94 Å². The highest BCUT2D eigenvalue weighted by molar-refractivity contribution is 5.85. The summed E-state index contributed by atoms with van der Waals surface area (Å²) >= 11 is 0. The van der Waals surface area contributed by atoms with Crippen LogP contribution in [0, 0.1) is 0 Å². The third-order valence-electron chi connectivity index (χ3n) is 2.95. The molecule has 0 aromatic heterocycles. The van der Waals surface area contributed by atoms with Gasteiger partial charge in [-0.1, -0.05) is 19.0 Å². The quantitative estimate of drug-likeness (QED) is 0.285. The Morgan fingerprint density at radius 2 is 2.06 bits per heavy atom. The Bertz CT molecular complexity index is 209. The molecule has 0 spiro atoms. The lowest BCUT2D eigenvalue weighted by Gasteiger charge is -2.34. The fraction of sp³-hybridized carbons (Fsp3) is 0.909. The van der Waals surface area contributed by atoms with Gasteiger partial charge >= 0.3 is 0 Å². The zero-order valence-electron chi connectivity index (χ0n) is 10.8. The summed E-state index contributed by atoms with van der Waals surface area (Å²) in [6.07, 6.45) is 1.85. The molecule has 2 unspecified atom stereocenters. The molecule has 5 nitrogen and oxygen atoms in total. The Labute approximate surface area is 98.2 Å². The number of nitrogens with two attached hydrogens (primary N) is 1. The number of amidine groups is 1. The molecule has 0 radical (unpaired) electrons. The summed E-state index contributed by atoms with van der Waals surface area (Å²) in [5, 5.41) is 11.9. The molecule has 0 saturated carbocycles. The van der Waals surface area contributed by atoms with Crippen LogP contribution in [0.1, 0.15) is 33.6 Å². The minimum absolute atomic E-state index is 0.0184. The van der Waals surface area contributed by atoms with E-state index in [-0.39, 0.29) is 11.9 Å². The van der Waals surface area contributed by atoms with Gasteiger partial charge in [0.1, 0.15) is 0 Å². The Morgan fingerprint density at radius 3 is 2.44 bits per heavy atom. The van der Waals surface area contributed by atoms with E-state index in [1.807, 2.05) is 6.92 Å². The highest BCUT2D eigenvalue weighted by Gasteiger charge is 2.24. The average Bonchev–Trinajstić information content (AvgIpc) is 2.32. The zero-order valence-corrected chi connectivity index (χ0v) is 10.8. The van der Waals surface area contributed by atoms with Crippen LogP contribution in [0.5, 0.6) is 0 Å². The van der Waals surface area contributed by atoms with E-state index in [0.717, 1.165) is 19.4 Å². The van der Waals surface area contributed by atoms with E-state index in [2.05, 4.69) is 23.9 Å². The number of rotatable bonds is 8. The lowest BCUT2D eigenvalue weighted by Crippen LogP contribution is -2.49. The standard InChI is InChI=1S/C11H25N3O2/c1-5-9(3)14(7-8-16-4)10(6-2)11(12)13-15/h9-10,15H,5-8H2,1-4H3,(H2,12,13). The first-order valence-electron chi connectivity index (χ1n) is 5.84. The summed E-state index contributed by atoms with van der Waals surface area (Å²) in [7, 11) is 1.68. The van der Waals surface area contributed by atoms with Crippen LogP contribution < -0.4 is 5.73 Å². The van der Waals surface area contributed by atoms with Crippen molar-refractivity contribution in [1.29, 1.82) is 0 Å². The van der Waals surface area contributed by atoms with Gasteiger partial charge in [-0.25, -0.2) is 0 Å². The fourth-order valence-electron chi connectivity index (χ4n) is 1.79. The molecule has 0 aliphatic carbocycles. The Kier molecular flexibility index (Phi) is 7.93. The minimum atomic E-state index is -0.0184. The van der Waals surface area contributed by atoms with Gasteiger partial charge in [0.15, 0.2) is 5.84 Å². The van der Waals surface area contributed by atoms with Crippen molar-refractivity contribution in [3.8, 4) is 0 Å². The average molecular weight is 231 g/mol. The van der Waals surface area contributed by atoms with Crippen molar-refractivity contribution >= 4 is 5.84 Å². The van der Waals surface area contributed by atoms with Gasteiger partial charge in [-0.15, -0.1) is 0 Å². The van der Waals surface area contributed by atoms with Crippen LogP contribution >= 0.6 is 0 Å². The van der Waals surface area contributed by atoms with E-state index in [1.165, 1.54) is 0 Å². The van der Waals surface area contributed by atoms with Crippen LogP contribution in [-0.2, 0) is 4.74 Å². The largest absolute Gasteiger partial charge is 0.409 e. The summed E-state index contributed by atoms with van der Waals surface area (Å²) in [5.74, 6) is 0.277. The van der Waals surface area contributed by atoms with Crippen molar-refractivity contribution in [3.05, 3.63) is 0 Å². The molecule has 0 aromatic rings. The normalized spacial score (nSPS) is 16.4. The van der Waals surface area contributed by atoms with E-state index < -0.39 is 0 Å². The number of oxime groups is 1. The first-order chi connectivity index (χ1) is 7.62. The first-order valence-corrected chi connectivity index (χ1v) is 5.84. The van der Waals surface area contributed by atoms with E-state index in [1.54, 1.807) is 7.11 Å². The number of methoxy groups -OCH3 is 1. The number of nitrogens with zero attached hydrogens (tertiary/aromatic N) is 2. The molecule has 0 aromatic carbocycles. The molecule has 0 amide bonds. The Balaban J connectivity index is 4.68. The molecule has 0 rings (SSSR count). The third-order valence-corrected chi connectivity index (χ3v) is 2.95. The van der Waals surface area contributed by atoms with Gasteiger partial charge in [0.25, 0.3) is 0 Å². The van der Waals surface area contributed by atoms with Gasteiger partial charge in [-0.2, -0.15) is 0 Å². The molecule has 0 fully saturated rings. The van der Waals surface area contributed by atoms with Crippen molar-refractivity contribution in [2.75, 3.05) is 20.3 Å². The lowest BCUT2D eigenvalue weighted by molar-refractivity contribution is 0.106. The molecule has 0 saturated heterocycles. The minimum Gasteiger partial charge on any atom is -0.409 e. The van der Waals surface area contributed by atoms with Gasteiger partial charge in [-0.3, -0.25) is 4.90 Å². The van der Waals surface area contributed by atoms with Crippen LogP contribution in [0.15, 0.2) is 5.16 Å². The van der Waals surface area contributed by atoms with Gasteiger partial charge in [0.05, 0.1) is 12.6 Å². The van der Waals surface area contributed by atoms with Gasteiger partial charge in [-0.05, 0) is 19.8 Å². The molecule has 3 N–H and O–H groups in total. The van der Waals surface area contributed by atoms with Crippen molar-refractivity contribution in [2.24, 2.45) is 10.9 Å². The van der Waals surface area contributed by atoms with Crippen LogP contribution in [0.25, 0.3) is 0 Å². The summed E-state index contributed by atoms with van der Waals surface area (Å²) in [6.45, 7) is 7.75. The van der Waals surface area contributed by atoms with Gasteiger partial charge in [0, 0.05) is 19.7 Å². The highest BCUT2D eigenvalue weighted by atomic mass is 16.5. The maximum absolute atomic E-state index is 8.77. The zero-order chi connectivity index (χ0) is 12.6. The second-order valence-electron chi connectivity index (χ2n) is 3.94. The predicted octanol–water partition coefficient (Wildman–Crippen LogP) is 1.26. The molecule has 0 heterocycles. The van der Waals surface area contributed by atoms with E-state index in [4.69, 9.17) is 15.7 Å². The first kappa shape index (κ1) is 15.2. The Hall–Kier alpha value is -0.810. The summed E-state index contributed by atoms with van der Waals surface area (Å²) in [6, 6.07) is 0.371. The molecule has 5 heteroatoms. The van der Waals surface area contributed by atoms with Crippen molar-refractivity contribution in [3.63, 3.8) is 0 Å². The van der Waals surface area contributed by atoms with Gasteiger partial charge < -0.3 is 15.7 Å². The number of ether oxygens (including phenoxy) is 1. The summed E-state index contributed by atoms with van der Waals surface area (Å²) < 4.78 is 5.09. The van der Waals surface area contributed by atoms with Gasteiger partial charge in [0.2, 0.25) is 0 Å². The van der Waals surface area contributed by atoms with E-state index >= 15 is 0 Å². The molecular formula is C11H25N3O2. The lowest BCUT2D eigenvalue weighted by atomic mass is 10.1. The second kappa shape index (κ2) is 8.35. The van der Waals surface area contributed by atoms with E-state index in [0.29, 0.717) is 12.6 Å². The summed E-state index contributed by atoms with van der Waals surface area (Å²) in [4.78, 5) is 2.22. The SMILES string of the molecule is CCC(C)N(CCOC)C(CC)C(N)=NO. The monoisotopic (exact) mass is 231 g/mol. The second-order valence-corrected chi connectivity index (χ2v) is 3.94. The van der Waals surface area contributed by atoms with E-state index in [9.17, 15) is 0 Å². The number of hydrogen-bond donors (Lipinski definition) is 2. The number of hydrogen-bond acceptors (Lipinski definition) is 4. The van der Waals surface area contributed by atoms with Crippen LogP contribution in [0.2, 0.25) is 0 Å². The van der Waals surface area contributed by atoms with Crippen molar-refractivity contribution in [2.45, 2.75) is 45.7 Å². The van der Waals surface area contributed by atoms with Crippen LogP contribution in [-0.4, -0.2) is 48.3 Å². The fourth-order valence-corrected chi connectivity index (χ4v) is 1.79. The van der Waals surface area contributed by atoms with Crippen LogP contribution in [0.3, 0.4) is 0 Å². The Morgan fingerprint density at radius 1 is 1.44 bits per heavy atom. The molecule has 16 heavy (non-hydrogen) atoms. The maximum atomic E-state index is 8.77. The molecule has 0 aliphatic rings. The molecule has 2 atom stereocenters. The smallest absolute Gasteiger partial charge is 0.156 e. The van der Waals surface area contributed by atoms with Crippen molar-refractivity contribution in [1.82, 2.24) is 4.90 Å². The molecule has 96 valence electrons.